The van der Waals surface area contributed by atoms with E-state index in [1.807, 2.05) is 6.92 Å². The van der Waals surface area contributed by atoms with Gasteiger partial charge >= 0.3 is 0 Å². The number of halogens is 1. The summed E-state index contributed by atoms with van der Waals surface area (Å²) in [6.45, 7) is 14.8. The number of aryl methyl sites for hydroxylation is 2. The molecule has 0 bridgehead atoms. The first-order valence-corrected chi connectivity index (χ1v) is 10.1. The summed E-state index contributed by atoms with van der Waals surface area (Å²) in [4.78, 5) is 11.8. The minimum Gasteiger partial charge on any atom is -0.379 e. The van der Waals surface area contributed by atoms with Crippen molar-refractivity contribution in [2.75, 3.05) is 45.9 Å². The molecule has 1 aromatic heterocycles. The Hall–Kier alpha value is -0.450. The van der Waals surface area contributed by atoms with Crippen LogP contribution in [0.2, 0.25) is 0 Å². The van der Waals surface area contributed by atoms with Gasteiger partial charge in [0.1, 0.15) is 0 Å². The van der Waals surface area contributed by atoms with Crippen LogP contribution in [-0.4, -0.2) is 67.3 Å². The second-order valence-corrected chi connectivity index (χ2v) is 7.96. The van der Waals surface area contributed by atoms with E-state index in [-0.39, 0.29) is 29.5 Å². The normalized spacial score (nSPS) is 16.2. The summed E-state index contributed by atoms with van der Waals surface area (Å²) in [5, 5.41) is 10.1. The molecule has 6 nitrogen and oxygen atoms in total. The maximum absolute atomic E-state index is 5.46. The molecule has 150 valence electrons. The number of thiazole rings is 1. The van der Waals surface area contributed by atoms with Crippen molar-refractivity contribution in [2.24, 2.45) is 4.99 Å². The lowest BCUT2D eigenvalue weighted by atomic mass is 10.0. The van der Waals surface area contributed by atoms with Gasteiger partial charge in [0.2, 0.25) is 0 Å². The fourth-order valence-electron chi connectivity index (χ4n) is 2.85. The smallest absolute Gasteiger partial charge is 0.191 e. The second-order valence-electron chi connectivity index (χ2n) is 7.02. The van der Waals surface area contributed by atoms with Crippen LogP contribution in [0.5, 0.6) is 0 Å². The van der Waals surface area contributed by atoms with E-state index in [0.29, 0.717) is 0 Å². The lowest BCUT2D eigenvalue weighted by molar-refractivity contribution is -0.00683. The minimum atomic E-state index is 0. The van der Waals surface area contributed by atoms with Gasteiger partial charge in [0.25, 0.3) is 0 Å². The highest BCUT2D eigenvalue weighted by Gasteiger charge is 2.28. The third-order valence-electron chi connectivity index (χ3n) is 4.36. The molecule has 1 fully saturated rings. The van der Waals surface area contributed by atoms with Crippen molar-refractivity contribution in [1.82, 2.24) is 20.5 Å². The lowest BCUT2D eigenvalue weighted by Gasteiger charge is -2.39. The first-order valence-electron chi connectivity index (χ1n) is 9.27. The molecule has 0 atom stereocenters. The Morgan fingerprint density at radius 3 is 2.69 bits per heavy atom. The van der Waals surface area contributed by atoms with E-state index in [9.17, 15) is 0 Å². The molecule has 1 aliphatic heterocycles. The summed E-state index contributed by atoms with van der Waals surface area (Å²) in [6.07, 6.45) is 2.08. The minimum absolute atomic E-state index is 0. The fourth-order valence-corrected chi connectivity index (χ4v) is 3.67. The molecule has 8 heteroatoms. The molecular formula is C18H34IN5OS. The van der Waals surface area contributed by atoms with E-state index in [0.717, 1.165) is 70.4 Å². The van der Waals surface area contributed by atoms with E-state index in [4.69, 9.17) is 9.73 Å². The number of nitrogens with one attached hydrogen (secondary N) is 2. The second kappa shape index (κ2) is 12.1. The zero-order valence-electron chi connectivity index (χ0n) is 16.5. The summed E-state index contributed by atoms with van der Waals surface area (Å²) in [5.74, 6) is 0.902. The largest absolute Gasteiger partial charge is 0.379 e. The average Bonchev–Trinajstić information content (AvgIpc) is 3.02. The Morgan fingerprint density at radius 2 is 2.08 bits per heavy atom. The van der Waals surface area contributed by atoms with Crippen LogP contribution in [0.1, 0.15) is 37.9 Å². The number of hydrogen-bond acceptors (Lipinski definition) is 5. The zero-order chi connectivity index (χ0) is 18.1. The van der Waals surface area contributed by atoms with Gasteiger partial charge in [0, 0.05) is 49.2 Å². The van der Waals surface area contributed by atoms with E-state index < -0.39 is 0 Å². The molecule has 2 heterocycles. The van der Waals surface area contributed by atoms with Gasteiger partial charge in [-0.15, -0.1) is 35.3 Å². The molecule has 1 saturated heterocycles. The van der Waals surface area contributed by atoms with Crippen LogP contribution in [0.25, 0.3) is 0 Å². The molecule has 0 saturated carbocycles. The van der Waals surface area contributed by atoms with E-state index in [1.54, 1.807) is 11.3 Å². The van der Waals surface area contributed by atoms with E-state index >= 15 is 0 Å². The van der Waals surface area contributed by atoms with E-state index in [1.165, 1.54) is 5.01 Å². The topological polar surface area (TPSA) is 61.8 Å². The Bertz CT molecular complexity index is 543. The van der Waals surface area contributed by atoms with Crippen molar-refractivity contribution in [3.8, 4) is 0 Å². The summed E-state index contributed by atoms with van der Waals surface area (Å²) in [6, 6.07) is 0. The number of morpholine rings is 1. The monoisotopic (exact) mass is 495 g/mol. The van der Waals surface area contributed by atoms with Crippen LogP contribution in [0.4, 0.5) is 0 Å². The summed E-state index contributed by atoms with van der Waals surface area (Å²) < 4.78 is 5.46. The molecule has 0 radical (unpaired) electrons. The van der Waals surface area contributed by atoms with Crippen molar-refractivity contribution in [3.05, 3.63) is 16.1 Å². The lowest BCUT2D eigenvalue weighted by Crippen LogP contribution is -2.52. The molecule has 1 aliphatic rings. The van der Waals surface area contributed by atoms with Crippen LogP contribution >= 0.6 is 35.3 Å². The first-order chi connectivity index (χ1) is 12.0. The summed E-state index contributed by atoms with van der Waals surface area (Å²) in [5.41, 5.74) is 1.16. The van der Waals surface area contributed by atoms with Gasteiger partial charge in [0.15, 0.2) is 5.96 Å². The molecule has 26 heavy (non-hydrogen) atoms. The fraction of sp³-hybridized carbons (Fsp3) is 0.778. The number of aromatic nitrogens is 1. The van der Waals surface area contributed by atoms with Gasteiger partial charge in [-0.1, -0.05) is 0 Å². The van der Waals surface area contributed by atoms with Gasteiger partial charge < -0.3 is 15.4 Å². The van der Waals surface area contributed by atoms with Gasteiger partial charge in [-0.25, -0.2) is 4.98 Å². The quantitative estimate of drug-likeness (QED) is 0.251. The van der Waals surface area contributed by atoms with E-state index in [2.05, 4.69) is 46.7 Å². The summed E-state index contributed by atoms with van der Waals surface area (Å²) in [7, 11) is 0. The van der Waals surface area contributed by atoms with Crippen molar-refractivity contribution in [3.63, 3.8) is 0 Å². The molecular weight excluding hydrogens is 461 g/mol. The van der Waals surface area contributed by atoms with Crippen molar-refractivity contribution < 1.29 is 4.74 Å². The average molecular weight is 495 g/mol. The highest BCUT2D eigenvalue weighted by molar-refractivity contribution is 14.0. The molecule has 1 aromatic rings. The number of rotatable bonds is 8. The zero-order valence-corrected chi connectivity index (χ0v) is 19.7. The Labute approximate surface area is 179 Å². The maximum atomic E-state index is 5.46. The predicted molar refractivity (Wildman–Crippen MR) is 121 cm³/mol. The van der Waals surface area contributed by atoms with Gasteiger partial charge in [0.05, 0.1) is 24.8 Å². The molecule has 2 N–H and O–H groups in total. The van der Waals surface area contributed by atoms with Gasteiger partial charge in [-0.05, 0) is 34.1 Å². The molecule has 0 spiro atoms. The van der Waals surface area contributed by atoms with Crippen LogP contribution in [0.3, 0.4) is 0 Å². The van der Waals surface area contributed by atoms with Gasteiger partial charge in [-0.3, -0.25) is 9.89 Å². The third-order valence-corrected chi connectivity index (χ3v) is 5.39. The number of ether oxygens (including phenoxy) is 1. The highest BCUT2D eigenvalue weighted by atomic mass is 127. The maximum Gasteiger partial charge on any atom is 0.191 e. The third kappa shape index (κ3) is 8.06. The number of aliphatic imine (C=N–C) groups is 1. The Kier molecular flexibility index (Phi) is 11.0. The molecule has 2 rings (SSSR count). The molecule has 0 unspecified atom stereocenters. The Morgan fingerprint density at radius 1 is 1.35 bits per heavy atom. The van der Waals surface area contributed by atoms with Crippen molar-refractivity contribution >= 4 is 41.3 Å². The van der Waals surface area contributed by atoms with Crippen LogP contribution in [-0.2, 0) is 11.2 Å². The SMILES string of the molecule is CCNC(=NCC(C)(C)N1CCOCC1)NCCCc1nc(C)cs1.I. The molecule has 0 aliphatic carbocycles. The summed E-state index contributed by atoms with van der Waals surface area (Å²) >= 11 is 1.75. The van der Waals surface area contributed by atoms with Gasteiger partial charge in [-0.2, -0.15) is 0 Å². The van der Waals surface area contributed by atoms with Crippen LogP contribution in [0, 0.1) is 6.92 Å². The van der Waals surface area contributed by atoms with Crippen molar-refractivity contribution in [1.29, 1.82) is 0 Å². The number of guanidine groups is 1. The Balaban J connectivity index is 0.00000338. The number of hydrogen-bond donors (Lipinski definition) is 2. The highest BCUT2D eigenvalue weighted by Crippen LogP contribution is 2.16. The standard InChI is InChI=1S/C18H33N5OS.HI/c1-5-19-17(20-8-6-7-16-22-15(2)13-25-16)21-14-18(3,4)23-9-11-24-12-10-23;/h13H,5-12,14H2,1-4H3,(H2,19,20,21);1H. The van der Waals surface area contributed by atoms with Crippen LogP contribution < -0.4 is 10.6 Å². The molecule has 0 amide bonds. The molecule has 0 aromatic carbocycles. The number of nitrogens with zero attached hydrogens (tertiary/aromatic N) is 3. The predicted octanol–water partition coefficient (Wildman–Crippen LogP) is 2.67. The first kappa shape index (κ1) is 23.6. The van der Waals surface area contributed by atoms with Crippen molar-refractivity contribution in [2.45, 2.75) is 46.1 Å². The van der Waals surface area contributed by atoms with Crippen LogP contribution in [0.15, 0.2) is 10.4 Å².